The van der Waals surface area contributed by atoms with Crippen LogP contribution in [0.5, 0.6) is 80.5 Å². The van der Waals surface area contributed by atoms with Gasteiger partial charge in [0.15, 0.2) is 0 Å². The molecule has 20 aromatic rings. The van der Waals surface area contributed by atoms with Crippen LogP contribution in [-0.2, 0) is 0 Å². The molecule has 1 aliphatic carbocycles. The molecule has 8 bridgehead atoms. The van der Waals surface area contributed by atoms with Gasteiger partial charge in [-0.3, -0.25) is 0 Å². The van der Waals surface area contributed by atoms with Crippen LogP contribution < -0.4 is 37.9 Å². The third-order valence-electron chi connectivity index (χ3n) is 26.6. The summed E-state index contributed by atoms with van der Waals surface area (Å²) in [5, 5.41) is 97.0. The van der Waals surface area contributed by atoms with E-state index in [1.54, 1.807) is 62.9 Å². The Labute approximate surface area is 750 Å². The highest BCUT2D eigenvalue weighted by Crippen LogP contribution is 2.62. The van der Waals surface area contributed by atoms with Crippen LogP contribution in [0.1, 0.15) is 90.4 Å². The molecule has 130 heavy (non-hydrogen) atoms. The van der Waals surface area contributed by atoms with Crippen molar-refractivity contribution in [3.8, 4) is 125 Å². The number of aromatic hydroxyl groups is 6. The Morgan fingerprint density at radius 3 is 0.585 bits per heavy atom. The first-order valence-electron chi connectivity index (χ1n) is 43.1. The van der Waals surface area contributed by atoms with Crippen LogP contribution in [0.15, 0.2) is 328 Å². The van der Waals surface area contributed by atoms with E-state index in [2.05, 4.69) is 66.7 Å². The van der Waals surface area contributed by atoms with Crippen molar-refractivity contribution in [1.29, 1.82) is 0 Å². The summed E-state index contributed by atoms with van der Waals surface area (Å²) >= 11 is 0. The Kier molecular flexibility index (Phi) is 20.2. The molecule has 6 N–H and O–H groups in total. The number of hydrogen-bond donors (Lipinski definition) is 6. The van der Waals surface area contributed by atoms with Gasteiger partial charge in [0, 0.05) is 142 Å². The average Bonchev–Trinajstić information content (AvgIpc) is 0.686. The number of rotatable bonds is 16. The molecule has 0 aromatic heterocycles. The van der Waals surface area contributed by atoms with Crippen molar-refractivity contribution >= 4 is 86.2 Å². The summed E-state index contributed by atoms with van der Waals surface area (Å²) in [6, 6.07) is 106. The highest BCUT2D eigenvalue weighted by molar-refractivity contribution is 6.15. The molecule has 0 radical (unpaired) electrons. The number of hydrogen-bond acceptors (Lipinski definition) is 14. The van der Waals surface area contributed by atoms with Crippen LogP contribution in [0.4, 0.5) is 0 Å². The Bertz CT molecular complexity index is 7590. The summed E-state index contributed by atoms with van der Waals surface area (Å²) in [6.07, 6.45) is 0. The minimum Gasteiger partial charge on any atom is -0.507 e. The summed E-state index contributed by atoms with van der Waals surface area (Å²) in [4.78, 5) is 0. The Hall–Kier alpha value is -16.3. The SMILES string of the molecule is COc1ccc2ccccc2c1-c1c(OC)c(C2c3cccc(c3)C(c3cc4ccccc4c(-c4c(OC)ccc5ccccc45)c3OC)c3cc(c(O)cc3O)C(c3cc4ccccc4c(-c4c(OC)ccc5ccccc45)c3OC)c3cc(c(O)cc3O)C(c3cc4ccccc4c(-c4c(OC)ccc5ccccc45)c3OC)c3cc2c(O)cc3O)cc2ccccc12. The molecule has 20 aromatic carbocycles. The minimum atomic E-state index is -1.37. The van der Waals surface area contributed by atoms with Crippen molar-refractivity contribution in [3.63, 3.8) is 0 Å². The standard InChI is InChI=1S/C116H88O14/c1-123-97-48-44-63-26-9-17-36-73(63)105(97)109-77-40-21-13-30-67(77)53-87(113(109)127-5)101-71-34-25-35-72(52-71)102(88-54-68-31-14-22-41-78(68)110(114(88)128-6)106-74-37-18-10-27-64(74)45-49-98(106)124-2)82-58-84(94(120)61-92(82)118)104(90-56-70-33-16-24-43-80(70)112(116(90)130-8)108-76-39-20-12-29-66(76)47-51-100(108)126-4)86-59-85(95(121)62-96(86)122)103(83-57-81(101)91(117)60-93(83)119)89-55-69-32-15-23-42-79(69)111(115(89)129-7)107-75-38-19-11-28-65(75)46-50-99(107)125-3/h9-62,101-104,117-122H,1-8H3. The summed E-state index contributed by atoms with van der Waals surface area (Å²) in [5.41, 5.74) is 9.83. The van der Waals surface area contributed by atoms with Crippen molar-refractivity contribution in [2.45, 2.75) is 23.7 Å². The smallest absolute Gasteiger partial charge is 0.131 e. The highest BCUT2D eigenvalue weighted by atomic mass is 16.5. The van der Waals surface area contributed by atoms with Crippen LogP contribution in [0, 0.1) is 0 Å². The predicted octanol–water partition coefficient (Wildman–Crippen LogP) is 26.9. The maximum Gasteiger partial charge on any atom is 0.131 e. The van der Waals surface area contributed by atoms with E-state index in [4.69, 9.17) is 37.9 Å². The lowest BCUT2D eigenvalue weighted by molar-refractivity contribution is 0.404. The van der Waals surface area contributed by atoms with E-state index in [0.29, 0.717) is 113 Å². The average molecular weight is 1710 g/mol. The van der Waals surface area contributed by atoms with E-state index in [1.165, 1.54) is 18.2 Å². The number of fused-ring (bicyclic) bond motifs is 16. The zero-order valence-corrected chi connectivity index (χ0v) is 72.4. The normalized spacial score (nSPS) is 14.3. The Balaban J connectivity index is 0.965. The van der Waals surface area contributed by atoms with E-state index in [-0.39, 0.29) is 56.4 Å². The molecular weight excluding hydrogens is 1620 g/mol. The van der Waals surface area contributed by atoms with Crippen LogP contribution in [0.2, 0.25) is 0 Å². The van der Waals surface area contributed by atoms with Crippen LogP contribution in [0.25, 0.3) is 131 Å². The number of benzene rings is 20. The van der Waals surface area contributed by atoms with Gasteiger partial charge in [-0.05, 0) is 164 Å². The van der Waals surface area contributed by atoms with Gasteiger partial charge >= 0.3 is 0 Å². The molecule has 0 amide bonds. The van der Waals surface area contributed by atoms with Crippen molar-refractivity contribution in [1.82, 2.24) is 0 Å². The van der Waals surface area contributed by atoms with Gasteiger partial charge in [0.1, 0.15) is 80.5 Å². The fourth-order valence-electron chi connectivity index (χ4n) is 21.0. The molecule has 0 heterocycles. The molecule has 4 atom stereocenters. The number of phenolic OH excluding ortho intramolecular Hbond substituents is 6. The summed E-state index contributed by atoms with van der Waals surface area (Å²) in [5.74, 6) is -3.49. The van der Waals surface area contributed by atoms with E-state index in [1.807, 2.05) is 237 Å². The minimum absolute atomic E-state index is 0.123. The molecule has 21 rings (SSSR count). The molecular formula is C116H88O14. The lowest BCUT2D eigenvalue weighted by Crippen LogP contribution is -2.14. The maximum absolute atomic E-state index is 13.9. The molecule has 0 fully saturated rings. The fourth-order valence-corrected chi connectivity index (χ4v) is 21.0. The lowest BCUT2D eigenvalue weighted by Gasteiger charge is -2.32. The molecule has 14 nitrogen and oxygen atoms in total. The second kappa shape index (κ2) is 32.6. The van der Waals surface area contributed by atoms with Gasteiger partial charge in [-0.15, -0.1) is 0 Å². The predicted molar refractivity (Wildman–Crippen MR) is 520 cm³/mol. The third-order valence-corrected chi connectivity index (χ3v) is 26.6. The quantitative estimate of drug-likeness (QED) is 0.0535. The molecule has 0 saturated heterocycles. The van der Waals surface area contributed by atoms with E-state index < -0.39 is 35.2 Å². The van der Waals surface area contributed by atoms with E-state index >= 15 is 0 Å². The Morgan fingerprint density at radius 2 is 0.362 bits per heavy atom. The highest BCUT2D eigenvalue weighted by Gasteiger charge is 2.41. The molecule has 4 unspecified atom stereocenters. The van der Waals surface area contributed by atoms with Crippen molar-refractivity contribution < 1.29 is 68.5 Å². The summed E-state index contributed by atoms with van der Waals surface area (Å²) in [7, 11) is 13.1. The number of methoxy groups -OCH3 is 8. The van der Waals surface area contributed by atoms with Gasteiger partial charge in [0.25, 0.3) is 0 Å². The van der Waals surface area contributed by atoms with Gasteiger partial charge in [0.2, 0.25) is 0 Å². The number of phenols is 6. The number of ether oxygens (including phenoxy) is 8. The summed E-state index contributed by atoms with van der Waals surface area (Å²) < 4.78 is 54.2. The van der Waals surface area contributed by atoms with Crippen LogP contribution in [-0.4, -0.2) is 87.5 Å². The first-order chi connectivity index (χ1) is 63.6. The van der Waals surface area contributed by atoms with Gasteiger partial charge in [-0.2, -0.15) is 0 Å². The van der Waals surface area contributed by atoms with Crippen LogP contribution in [0.3, 0.4) is 0 Å². The van der Waals surface area contributed by atoms with Crippen molar-refractivity contribution in [3.05, 3.63) is 394 Å². The maximum atomic E-state index is 13.9. The van der Waals surface area contributed by atoms with E-state index in [0.717, 1.165) is 97.3 Å². The van der Waals surface area contributed by atoms with Gasteiger partial charge in [-0.1, -0.05) is 243 Å². The van der Waals surface area contributed by atoms with Gasteiger partial charge in [-0.25, -0.2) is 0 Å². The monoisotopic (exact) mass is 1700 g/mol. The molecule has 0 spiro atoms. The Morgan fingerprint density at radius 1 is 0.162 bits per heavy atom. The van der Waals surface area contributed by atoms with Crippen molar-refractivity contribution in [2.24, 2.45) is 0 Å². The second-order valence-electron chi connectivity index (χ2n) is 33.1. The third kappa shape index (κ3) is 12.9. The topological polar surface area (TPSA) is 195 Å². The van der Waals surface area contributed by atoms with Gasteiger partial charge in [0.05, 0.1) is 56.9 Å². The summed E-state index contributed by atoms with van der Waals surface area (Å²) in [6.45, 7) is 0. The zero-order chi connectivity index (χ0) is 89.0. The molecule has 14 heteroatoms. The largest absolute Gasteiger partial charge is 0.507 e. The molecule has 0 aliphatic heterocycles. The lowest BCUT2D eigenvalue weighted by atomic mass is 9.73. The molecule has 0 saturated carbocycles. The first kappa shape index (κ1) is 80.8. The van der Waals surface area contributed by atoms with Crippen LogP contribution >= 0.6 is 0 Å². The first-order valence-corrected chi connectivity index (χ1v) is 43.1. The van der Waals surface area contributed by atoms with E-state index in [9.17, 15) is 30.6 Å². The zero-order valence-electron chi connectivity index (χ0n) is 72.4. The molecule has 1 aliphatic rings. The fraction of sp³-hybridized carbons (Fsp3) is 0.103. The molecule has 636 valence electrons. The second-order valence-corrected chi connectivity index (χ2v) is 33.1. The van der Waals surface area contributed by atoms with Gasteiger partial charge < -0.3 is 68.5 Å². The van der Waals surface area contributed by atoms with Crippen molar-refractivity contribution in [2.75, 3.05) is 56.9 Å².